The summed E-state index contributed by atoms with van der Waals surface area (Å²) in [4.78, 5) is 30.0. The largest absolute Gasteiger partial charge is 0.495 e. The molecule has 10 heteroatoms. The molecule has 0 saturated carbocycles. The van der Waals surface area contributed by atoms with Crippen molar-refractivity contribution in [1.82, 2.24) is 20.3 Å². The molecule has 0 spiro atoms. The van der Waals surface area contributed by atoms with Gasteiger partial charge in [-0.05, 0) is 50.6 Å². The number of rotatable bonds is 11. The summed E-state index contributed by atoms with van der Waals surface area (Å²) in [5, 5.41) is 11.5. The number of fused-ring (bicyclic) bond motifs is 1. The van der Waals surface area contributed by atoms with E-state index in [1.807, 2.05) is 45.0 Å². The van der Waals surface area contributed by atoms with Crippen molar-refractivity contribution in [3.8, 4) is 17.2 Å². The van der Waals surface area contributed by atoms with Crippen LogP contribution in [0.3, 0.4) is 0 Å². The van der Waals surface area contributed by atoms with Crippen LogP contribution >= 0.6 is 0 Å². The Morgan fingerprint density at radius 1 is 0.925 bits per heavy atom. The third-order valence-corrected chi connectivity index (χ3v) is 6.90. The molecule has 1 aromatic heterocycles. The van der Waals surface area contributed by atoms with E-state index in [1.54, 1.807) is 42.5 Å². The van der Waals surface area contributed by atoms with Gasteiger partial charge in [0, 0.05) is 11.1 Å². The van der Waals surface area contributed by atoms with Crippen LogP contribution in [0.25, 0.3) is 11.0 Å². The average molecular weight is 546 g/mol. The van der Waals surface area contributed by atoms with E-state index < -0.39 is 17.5 Å². The van der Waals surface area contributed by atoms with E-state index in [4.69, 9.17) is 14.2 Å². The zero-order valence-corrected chi connectivity index (χ0v) is 23.7. The van der Waals surface area contributed by atoms with Crippen molar-refractivity contribution >= 4 is 28.5 Å². The van der Waals surface area contributed by atoms with Crippen molar-refractivity contribution in [3.05, 3.63) is 72.3 Å². The van der Waals surface area contributed by atoms with Crippen molar-refractivity contribution < 1.29 is 23.8 Å². The maximum absolute atomic E-state index is 14.4. The molecular formula is C30H35N5O5. The summed E-state index contributed by atoms with van der Waals surface area (Å²) in [5.41, 5.74) is 1.68. The molecule has 210 valence electrons. The van der Waals surface area contributed by atoms with E-state index >= 15 is 0 Å². The standard InChI is InChI=1S/C30H35N5O5/c1-7-30(2,3)31-29(37)27(20-13-12-18-25(39-5)28(20)40-6)35(23-16-10-11-17-24(23)38-4)26(36)19-34-22-15-9-8-14-21(22)32-33-34/h8-18,27H,7,19H2,1-6H3,(H,31,37)/t27-/m0/s1. The van der Waals surface area contributed by atoms with Crippen molar-refractivity contribution in [2.75, 3.05) is 26.2 Å². The topological polar surface area (TPSA) is 108 Å². The molecule has 3 aromatic carbocycles. The molecule has 1 heterocycles. The molecule has 0 bridgehead atoms. The molecule has 0 fully saturated rings. The number of anilines is 1. The number of carbonyl (C=O) groups excluding carboxylic acids is 2. The van der Waals surface area contributed by atoms with E-state index in [2.05, 4.69) is 15.6 Å². The van der Waals surface area contributed by atoms with Crippen molar-refractivity contribution in [2.24, 2.45) is 0 Å². The van der Waals surface area contributed by atoms with Gasteiger partial charge in [-0.25, -0.2) is 4.68 Å². The first-order valence-electron chi connectivity index (χ1n) is 13.0. The number of para-hydroxylation sites is 4. The van der Waals surface area contributed by atoms with Gasteiger partial charge in [-0.1, -0.05) is 48.5 Å². The summed E-state index contributed by atoms with van der Waals surface area (Å²) in [6.07, 6.45) is 0.675. The van der Waals surface area contributed by atoms with Crippen molar-refractivity contribution in [3.63, 3.8) is 0 Å². The van der Waals surface area contributed by atoms with Gasteiger partial charge < -0.3 is 19.5 Å². The number of nitrogens with one attached hydrogen (secondary N) is 1. The van der Waals surface area contributed by atoms with Gasteiger partial charge in [0.05, 0.1) is 32.5 Å². The van der Waals surface area contributed by atoms with E-state index in [0.29, 0.717) is 46.0 Å². The Hall–Kier alpha value is -4.60. The van der Waals surface area contributed by atoms with Crippen molar-refractivity contribution in [1.29, 1.82) is 0 Å². The fraction of sp³-hybridized carbons (Fsp3) is 0.333. The van der Waals surface area contributed by atoms with Crippen LogP contribution in [-0.4, -0.2) is 53.7 Å². The van der Waals surface area contributed by atoms with Crippen LogP contribution in [0.2, 0.25) is 0 Å². The molecule has 0 aliphatic heterocycles. The van der Waals surface area contributed by atoms with Crippen LogP contribution in [0.4, 0.5) is 5.69 Å². The second kappa shape index (κ2) is 12.1. The number of ether oxygens (including phenoxy) is 3. The first-order valence-corrected chi connectivity index (χ1v) is 13.0. The smallest absolute Gasteiger partial charge is 0.249 e. The highest BCUT2D eigenvalue weighted by Gasteiger charge is 2.38. The van der Waals surface area contributed by atoms with Crippen LogP contribution in [0.1, 0.15) is 38.8 Å². The van der Waals surface area contributed by atoms with E-state index in [1.165, 1.54) is 30.9 Å². The second-order valence-corrected chi connectivity index (χ2v) is 9.88. The number of nitrogens with zero attached hydrogens (tertiary/aromatic N) is 4. The molecule has 0 saturated heterocycles. The summed E-state index contributed by atoms with van der Waals surface area (Å²) in [6, 6.07) is 18.6. The molecule has 4 rings (SSSR count). The van der Waals surface area contributed by atoms with Crippen LogP contribution in [-0.2, 0) is 16.1 Å². The third kappa shape index (κ3) is 5.70. The summed E-state index contributed by atoms with van der Waals surface area (Å²) in [5.74, 6) is 0.412. The van der Waals surface area contributed by atoms with E-state index in [9.17, 15) is 9.59 Å². The normalized spacial score (nSPS) is 12.1. The molecule has 0 aliphatic rings. The highest BCUT2D eigenvalue weighted by atomic mass is 16.5. The van der Waals surface area contributed by atoms with Gasteiger partial charge in [0.15, 0.2) is 11.5 Å². The number of amides is 2. The second-order valence-electron chi connectivity index (χ2n) is 9.88. The van der Waals surface area contributed by atoms with Gasteiger partial charge in [-0.15, -0.1) is 5.10 Å². The van der Waals surface area contributed by atoms with Gasteiger partial charge in [0.25, 0.3) is 0 Å². The molecule has 0 unspecified atom stereocenters. The number of benzene rings is 3. The Balaban J connectivity index is 1.94. The Labute approximate surface area is 233 Å². The molecule has 10 nitrogen and oxygen atoms in total. The average Bonchev–Trinajstić information content (AvgIpc) is 3.37. The number of hydrogen-bond donors (Lipinski definition) is 1. The maximum Gasteiger partial charge on any atom is 0.249 e. The minimum absolute atomic E-state index is 0.175. The zero-order valence-electron chi connectivity index (χ0n) is 23.7. The minimum Gasteiger partial charge on any atom is -0.495 e. The fourth-order valence-corrected chi connectivity index (χ4v) is 4.50. The molecule has 1 N–H and O–H groups in total. The molecule has 0 aliphatic carbocycles. The first kappa shape index (κ1) is 28.4. The van der Waals surface area contributed by atoms with Gasteiger partial charge in [0.2, 0.25) is 11.8 Å². The van der Waals surface area contributed by atoms with Crippen LogP contribution in [0.5, 0.6) is 17.2 Å². The fourth-order valence-electron chi connectivity index (χ4n) is 4.50. The Morgan fingerprint density at radius 2 is 1.60 bits per heavy atom. The Bertz CT molecular complexity index is 1500. The van der Waals surface area contributed by atoms with Gasteiger partial charge in [-0.2, -0.15) is 0 Å². The molecule has 4 aromatic rings. The van der Waals surface area contributed by atoms with Crippen molar-refractivity contribution in [2.45, 2.75) is 45.3 Å². The lowest BCUT2D eigenvalue weighted by atomic mass is 9.97. The van der Waals surface area contributed by atoms with Gasteiger partial charge in [0.1, 0.15) is 23.9 Å². The minimum atomic E-state index is -1.14. The maximum atomic E-state index is 14.4. The van der Waals surface area contributed by atoms with Gasteiger partial charge >= 0.3 is 0 Å². The van der Waals surface area contributed by atoms with E-state index in [0.717, 1.165) is 0 Å². The lowest BCUT2D eigenvalue weighted by Crippen LogP contribution is -2.51. The molecule has 40 heavy (non-hydrogen) atoms. The highest BCUT2D eigenvalue weighted by Crippen LogP contribution is 2.41. The number of hydrogen-bond acceptors (Lipinski definition) is 7. The van der Waals surface area contributed by atoms with E-state index in [-0.39, 0.29) is 12.5 Å². The zero-order chi connectivity index (χ0) is 28.9. The SMILES string of the molecule is CCC(C)(C)NC(=O)[C@H](c1cccc(OC)c1OC)N(C(=O)Cn1nnc2ccccc21)c1ccccc1OC. The molecule has 2 amide bonds. The molecular weight excluding hydrogens is 510 g/mol. The third-order valence-electron chi connectivity index (χ3n) is 6.90. The predicted molar refractivity (Wildman–Crippen MR) is 153 cm³/mol. The lowest BCUT2D eigenvalue weighted by molar-refractivity contribution is -0.128. The summed E-state index contributed by atoms with van der Waals surface area (Å²) in [6.45, 7) is 5.68. The summed E-state index contributed by atoms with van der Waals surface area (Å²) >= 11 is 0. The van der Waals surface area contributed by atoms with Crippen LogP contribution in [0.15, 0.2) is 66.7 Å². The number of carbonyl (C=O) groups is 2. The van der Waals surface area contributed by atoms with Crippen LogP contribution < -0.4 is 24.4 Å². The predicted octanol–water partition coefficient (Wildman–Crippen LogP) is 4.54. The van der Waals surface area contributed by atoms with Gasteiger partial charge in [-0.3, -0.25) is 14.5 Å². The summed E-state index contributed by atoms with van der Waals surface area (Å²) < 4.78 is 18.5. The highest BCUT2D eigenvalue weighted by molar-refractivity contribution is 6.03. The first-order chi connectivity index (χ1) is 19.2. The number of aromatic nitrogens is 3. The Kier molecular flexibility index (Phi) is 8.57. The van der Waals surface area contributed by atoms with Crippen LogP contribution in [0, 0.1) is 0 Å². The molecule has 1 atom stereocenters. The monoisotopic (exact) mass is 545 g/mol. The summed E-state index contributed by atoms with van der Waals surface area (Å²) in [7, 11) is 4.55. The Morgan fingerprint density at radius 3 is 2.30 bits per heavy atom. The quantitative estimate of drug-likeness (QED) is 0.295. The molecule has 0 radical (unpaired) electrons. The lowest BCUT2D eigenvalue weighted by Gasteiger charge is -2.35. The number of methoxy groups -OCH3 is 3.